The molecule has 6 nitrogen and oxygen atoms in total. The second-order valence-electron chi connectivity index (χ2n) is 6.78. The Morgan fingerprint density at radius 2 is 1.50 bits per heavy atom. The first-order valence-corrected chi connectivity index (χ1v) is 11.4. The third-order valence-corrected chi connectivity index (χ3v) is 5.58. The van der Waals surface area contributed by atoms with E-state index in [1.807, 2.05) is 49.4 Å². The van der Waals surface area contributed by atoms with E-state index in [1.54, 1.807) is 36.4 Å². The quantitative estimate of drug-likeness (QED) is 0.580. The van der Waals surface area contributed by atoms with Crippen molar-refractivity contribution >= 4 is 27.3 Å². The van der Waals surface area contributed by atoms with Gasteiger partial charge in [-0.15, -0.1) is 0 Å². The lowest BCUT2D eigenvalue weighted by atomic mass is 10.1. The molecule has 1 N–H and O–H groups in total. The highest BCUT2D eigenvalue weighted by atomic mass is 32.2. The number of carbonyl (C=O) groups excluding carboxylic acids is 1. The van der Waals surface area contributed by atoms with Gasteiger partial charge in [-0.1, -0.05) is 37.3 Å². The molecule has 0 atom stereocenters. The molecule has 0 aliphatic rings. The van der Waals surface area contributed by atoms with Crippen LogP contribution in [-0.4, -0.2) is 27.1 Å². The largest absolute Gasteiger partial charge is 0.457 e. The summed E-state index contributed by atoms with van der Waals surface area (Å²) in [4.78, 5) is 12.5. The van der Waals surface area contributed by atoms with Crippen LogP contribution < -0.4 is 14.4 Å². The van der Waals surface area contributed by atoms with Crippen molar-refractivity contribution in [3.8, 4) is 11.5 Å². The first-order valence-electron chi connectivity index (χ1n) is 9.54. The van der Waals surface area contributed by atoms with Crippen LogP contribution in [-0.2, 0) is 21.2 Å². The third kappa shape index (κ3) is 5.84. The molecule has 0 spiro atoms. The van der Waals surface area contributed by atoms with Crippen LogP contribution in [0.25, 0.3) is 0 Å². The van der Waals surface area contributed by atoms with Crippen molar-refractivity contribution < 1.29 is 17.9 Å². The second kappa shape index (κ2) is 9.45. The molecule has 0 aliphatic heterocycles. The Balaban J connectivity index is 1.66. The maximum Gasteiger partial charge on any atom is 0.245 e. The van der Waals surface area contributed by atoms with Crippen LogP contribution in [0.4, 0.5) is 11.4 Å². The predicted octanol–water partition coefficient (Wildman–Crippen LogP) is 4.45. The van der Waals surface area contributed by atoms with E-state index in [-0.39, 0.29) is 6.54 Å². The zero-order chi connectivity index (χ0) is 21.6. The first-order chi connectivity index (χ1) is 14.3. The summed E-state index contributed by atoms with van der Waals surface area (Å²) in [5.41, 5.74) is 2.10. The molecule has 3 aromatic carbocycles. The van der Waals surface area contributed by atoms with Crippen LogP contribution in [0.1, 0.15) is 12.5 Å². The lowest BCUT2D eigenvalue weighted by molar-refractivity contribution is -0.114. The van der Waals surface area contributed by atoms with Gasteiger partial charge in [0.25, 0.3) is 0 Å². The maximum absolute atomic E-state index is 12.5. The van der Waals surface area contributed by atoms with E-state index in [9.17, 15) is 13.2 Å². The molecule has 0 saturated carbocycles. The zero-order valence-electron chi connectivity index (χ0n) is 16.9. The number of aryl methyl sites for hydroxylation is 1. The SMILES string of the molecule is CCc1ccc(N(CC(=O)Nc2ccc(Oc3ccccc3)cc2)S(C)(=O)=O)cc1. The molecule has 0 unspecified atom stereocenters. The number of ether oxygens (including phenoxy) is 1. The van der Waals surface area contributed by atoms with E-state index in [2.05, 4.69) is 5.32 Å². The molecule has 0 saturated heterocycles. The molecular weight excluding hydrogens is 400 g/mol. The number of anilines is 2. The third-order valence-electron chi connectivity index (χ3n) is 4.44. The number of benzene rings is 3. The summed E-state index contributed by atoms with van der Waals surface area (Å²) in [6.45, 7) is 1.71. The van der Waals surface area contributed by atoms with Gasteiger partial charge in [-0.25, -0.2) is 8.42 Å². The van der Waals surface area contributed by atoms with E-state index in [1.165, 1.54) is 0 Å². The van der Waals surface area contributed by atoms with Crippen LogP contribution in [0.3, 0.4) is 0 Å². The number of amides is 1. The van der Waals surface area contributed by atoms with Crippen LogP contribution >= 0.6 is 0 Å². The molecule has 0 bridgehead atoms. The predicted molar refractivity (Wildman–Crippen MR) is 120 cm³/mol. The fraction of sp³-hybridized carbons (Fsp3) is 0.174. The Morgan fingerprint density at radius 3 is 2.07 bits per heavy atom. The highest BCUT2D eigenvalue weighted by Gasteiger charge is 2.21. The fourth-order valence-electron chi connectivity index (χ4n) is 2.86. The van der Waals surface area contributed by atoms with Crippen molar-refractivity contribution in [1.29, 1.82) is 0 Å². The molecule has 30 heavy (non-hydrogen) atoms. The first kappa shape index (κ1) is 21.4. The van der Waals surface area contributed by atoms with Gasteiger partial charge in [-0.3, -0.25) is 9.10 Å². The molecule has 0 aliphatic carbocycles. The lowest BCUT2D eigenvalue weighted by Crippen LogP contribution is -2.37. The van der Waals surface area contributed by atoms with Crippen LogP contribution in [0, 0.1) is 0 Å². The molecule has 1 amide bonds. The van der Waals surface area contributed by atoms with Gasteiger partial charge in [-0.2, -0.15) is 0 Å². The number of hydrogen-bond donors (Lipinski definition) is 1. The van der Waals surface area contributed by atoms with E-state index in [0.29, 0.717) is 22.9 Å². The van der Waals surface area contributed by atoms with Gasteiger partial charge in [0.15, 0.2) is 0 Å². The average Bonchev–Trinajstić information content (AvgIpc) is 2.73. The summed E-state index contributed by atoms with van der Waals surface area (Å²) in [6, 6.07) is 23.4. The zero-order valence-corrected chi connectivity index (χ0v) is 17.7. The molecule has 7 heteroatoms. The Hall–Kier alpha value is -3.32. The number of rotatable bonds is 8. The number of para-hydroxylation sites is 1. The van der Waals surface area contributed by atoms with Gasteiger partial charge in [0.2, 0.25) is 15.9 Å². The molecule has 3 rings (SSSR count). The topological polar surface area (TPSA) is 75.7 Å². The van der Waals surface area contributed by atoms with Gasteiger partial charge in [0, 0.05) is 5.69 Å². The molecule has 0 aromatic heterocycles. The van der Waals surface area contributed by atoms with E-state index < -0.39 is 15.9 Å². The average molecular weight is 425 g/mol. The summed E-state index contributed by atoms with van der Waals surface area (Å²) in [5.74, 6) is 0.914. The Labute approximate surface area is 177 Å². The van der Waals surface area contributed by atoms with Gasteiger partial charge in [0.1, 0.15) is 18.0 Å². The number of sulfonamides is 1. The maximum atomic E-state index is 12.5. The van der Waals surface area contributed by atoms with Crippen molar-refractivity contribution in [2.24, 2.45) is 0 Å². The number of carbonyl (C=O) groups is 1. The van der Waals surface area contributed by atoms with Crippen molar-refractivity contribution in [3.63, 3.8) is 0 Å². The van der Waals surface area contributed by atoms with Crippen molar-refractivity contribution in [1.82, 2.24) is 0 Å². The number of nitrogens with one attached hydrogen (secondary N) is 1. The van der Waals surface area contributed by atoms with E-state index in [0.717, 1.165) is 22.5 Å². The van der Waals surface area contributed by atoms with Crippen molar-refractivity contribution in [2.75, 3.05) is 22.4 Å². The smallest absolute Gasteiger partial charge is 0.245 e. The standard InChI is InChI=1S/C23H24N2O4S/c1-3-18-9-13-20(14-10-18)25(30(2,27)28)17-23(26)24-19-11-15-22(16-12-19)29-21-7-5-4-6-8-21/h4-16H,3,17H2,1-2H3,(H,24,26). The minimum atomic E-state index is -3.61. The number of nitrogens with zero attached hydrogens (tertiary/aromatic N) is 1. The summed E-state index contributed by atoms with van der Waals surface area (Å²) in [5, 5.41) is 2.73. The van der Waals surface area contributed by atoms with E-state index in [4.69, 9.17) is 4.74 Å². The fourth-order valence-corrected chi connectivity index (χ4v) is 3.72. The van der Waals surface area contributed by atoms with Crippen LogP contribution in [0.5, 0.6) is 11.5 Å². The Bertz CT molecular complexity index is 1080. The lowest BCUT2D eigenvalue weighted by Gasteiger charge is -2.22. The van der Waals surface area contributed by atoms with Gasteiger partial charge in [-0.05, 0) is 60.5 Å². The summed E-state index contributed by atoms with van der Waals surface area (Å²) < 4.78 is 31.3. The molecule has 156 valence electrons. The summed E-state index contributed by atoms with van der Waals surface area (Å²) in [6.07, 6.45) is 1.94. The second-order valence-corrected chi connectivity index (χ2v) is 8.68. The Morgan fingerprint density at radius 1 is 0.900 bits per heavy atom. The molecule has 0 fully saturated rings. The van der Waals surface area contributed by atoms with Crippen molar-refractivity contribution in [3.05, 3.63) is 84.4 Å². The molecule has 0 heterocycles. The highest BCUT2D eigenvalue weighted by Crippen LogP contribution is 2.23. The summed E-state index contributed by atoms with van der Waals surface area (Å²) >= 11 is 0. The van der Waals surface area contributed by atoms with E-state index >= 15 is 0 Å². The molecular formula is C23H24N2O4S. The van der Waals surface area contributed by atoms with Gasteiger partial charge >= 0.3 is 0 Å². The summed E-state index contributed by atoms with van der Waals surface area (Å²) in [7, 11) is -3.61. The van der Waals surface area contributed by atoms with Gasteiger partial charge < -0.3 is 10.1 Å². The van der Waals surface area contributed by atoms with Crippen molar-refractivity contribution in [2.45, 2.75) is 13.3 Å². The minimum absolute atomic E-state index is 0.313. The van der Waals surface area contributed by atoms with Crippen LogP contribution in [0.15, 0.2) is 78.9 Å². The number of hydrogen-bond acceptors (Lipinski definition) is 4. The monoisotopic (exact) mass is 424 g/mol. The highest BCUT2D eigenvalue weighted by molar-refractivity contribution is 7.92. The minimum Gasteiger partial charge on any atom is -0.457 e. The normalized spacial score (nSPS) is 11.0. The van der Waals surface area contributed by atoms with Gasteiger partial charge in [0.05, 0.1) is 11.9 Å². The molecule has 0 radical (unpaired) electrons. The Kier molecular flexibility index (Phi) is 6.74. The molecule has 3 aromatic rings. The van der Waals surface area contributed by atoms with Crippen LogP contribution in [0.2, 0.25) is 0 Å².